The third kappa shape index (κ3) is 3.58. The SMILES string of the molecule is Cc1noc(C)c1CN1CCc2c(C(=O)NCc3n[nH]c(=O)[nH]3)csc2C1. The van der Waals surface area contributed by atoms with Crippen molar-refractivity contribution in [3.63, 3.8) is 0 Å². The Balaban J connectivity index is 1.42. The van der Waals surface area contributed by atoms with Crippen LogP contribution in [-0.2, 0) is 26.1 Å². The lowest BCUT2D eigenvalue weighted by Crippen LogP contribution is -2.31. The van der Waals surface area contributed by atoms with Crippen molar-refractivity contribution in [3.05, 3.63) is 54.7 Å². The number of fused-ring (bicyclic) bond motifs is 1. The number of nitrogens with one attached hydrogen (secondary N) is 3. The second kappa shape index (κ2) is 7.12. The Bertz CT molecular complexity index is 1010. The van der Waals surface area contributed by atoms with Crippen LogP contribution in [0.2, 0.25) is 0 Å². The number of hydrogen-bond donors (Lipinski definition) is 3. The summed E-state index contributed by atoms with van der Waals surface area (Å²) in [4.78, 5) is 29.6. The van der Waals surface area contributed by atoms with Crippen molar-refractivity contribution in [2.75, 3.05) is 6.54 Å². The zero-order valence-electron chi connectivity index (χ0n) is 15.1. The van der Waals surface area contributed by atoms with Gasteiger partial charge in [0.15, 0.2) is 0 Å². The standard InChI is InChI=1S/C17H20N6O3S/c1-9-12(10(2)26-22-9)6-23-4-3-11-13(8-27-14(11)7-23)16(24)18-5-15-19-17(25)21-20-15/h8H,3-7H2,1-2H3,(H,18,24)(H2,19,20,21,25). The van der Waals surface area contributed by atoms with Crippen LogP contribution in [0.3, 0.4) is 0 Å². The van der Waals surface area contributed by atoms with Gasteiger partial charge in [0.25, 0.3) is 5.91 Å². The fourth-order valence-corrected chi connectivity index (χ4v) is 4.43. The summed E-state index contributed by atoms with van der Waals surface area (Å²) in [5, 5.41) is 14.8. The highest BCUT2D eigenvalue weighted by Gasteiger charge is 2.25. The normalized spacial score (nSPS) is 14.3. The predicted molar refractivity (Wildman–Crippen MR) is 98.5 cm³/mol. The highest BCUT2D eigenvalue weighted by molar-refractivity contribution is 7.10. The maximum absolute atomic E-state index is 12.5. The average Bonchev–Trinajstić information content (AvgIpc) is 3.34. The van der Waals surface area contributed by atoms with Gasteiger partial charge in [0.2, 0.25) is 0 Å². The Morgan fingerprint density at radius 1 is 1.44 bits per heavy atom. The Morgan fingerprint density at radius 3 is 3.00 bits per heavy atom. The lowest BCUT2D eigenvalue weighted by Gasteiger charge is -2.27. The average molecular weight is 388 g/mol. The van der Waals surface area contributed by atoms with Gasteiger partial charge in [-0.1, -0.05) is 5.16 Å². The summed E-state index contributed by atoms with van der Waals surface area (Å²) in [6, 6.07) is 0. The quantitative estimate of drug-likeness (QED) is 0.605. The molecule has 4 heterocycles. The van der Waals surface area contributed by atoms with Crippen LogP contribution in [0, 0.1) is 13.8 Å². The number of H-pyrrole nitrogens is 2. The van der Waals surface area contributed by atoms with Gasteiger partial charge in [0, 0.05) is 35.5 Å². The molecule has 27 heavy (non-hydrogen) atoms. The highest BCUT2D eigenvalue weighted by Crippen LogP contribution is 2.30. The van der Waals surface area contributed by atoms with Gasteiger partial charge >= 0.3 is 5.69 Å². The molecule has 0 saturated heterocycles. The van der Waals surface area contributed by atoms with Crippen molar-refractivity contribution < 1.29 is 9.32 Å². The molecule has 3 N–H and O–H groups in total. The topological polar surface area (TPSA) is 120 Å². The molecule has 9 nitrogen and oxygen atoms in total. The largest absolute Gasteiger partial charge is 0.361 e. The van der Waals surface area contributed by atoms with Gasteiger partial charge in [0.1, 0.15) is 11.6 Å². The summed E-state index contributed by atoms with van der Waals surface area (Å²) < 4.78 is 5.25. The van der Waals surface area contributed by atoms with Crippen molar-refractivity contribution in [1.82, 2.24) is 30.6 Å². The zero-order valence-corrected chi connectivity index (χ0v) is 15.9. The predicted octanol–water partition coefficient (Wildman–Crippen LogP) is 1.25. The van der Waals surface area contributed by atoms with Crippen LogP contribution < -0.4 is 11.0 Å². The smallest absolute Gasteiger partial charge is 0.340 e. The van der Waals surface area contributed by atoms with Crippen molar-refractivity contribution in [3.8, 4) is 0 Å². The molecule has 10 heteroatoms. The molecule has 0 atom stereocenters. The van der Waals surface area contributed by atoms with Crippen LogP contribution in [-0.4, -0.2) is 37.7 Å². The van der Waals surface area contributed by atoms with Gasteiger partial charge in [-0.25, -0.2) is 9.89 Å². The summed E-state index contributed by atoms with van der Waals surface area (Å²) >= 11 is 1.61. The number of carbonyl (C=O) groups excluding carboxylic acids is 1. The van der Waals surface area contributed by atoms with Crippen LogP contribution in [0.1, 0.15) is 43.6 Å². The molecule has 1 aliphatic rings. The van der Waals surface area contributed by atoms with Crippen molar-refractivity contribution in [2.45, 2.75) is 39.9 Å². The first kappa shape index (κ1) is 17.7. The number of aromatic amines is 2. The number of carbonyl (C=O) groups is 1. The molecule has 0 radical (unpaired) electrons. The number of nitrogens with zero attached hydrogens (tertiary/aromatic N) is 3. The van der Waals surface area contributed by atoms with Gasteiger partial charge in [-0.05, 0) is 25.8 Å². The third-order valence-corrected chi connectivity index (χ3v) is 5.81. The number of aromatic nitrogens is 4. The van der Waals surface area contributed by atoms with E-state index < -0.39 is 0 Å². The summed E-state index contributed by atoms with van der Waals surface area (Å²) in [6.45, 7) is 6.56. The summed E-state index contributed by atoms with van der Waals surface area (Å²) in [5.41, 5.74) is 3.51. The number of amides is 1. The lowest BCUT2D eigenvalue weighted by molar-refractivity contribution is 0.0948. The maximum atomic E-state index is 12.5. The van der Waals surface area contributed by atoms with Crippen LogP contribution in [0.15, 0.2) is 14.7 Å². The molecular weight excluding hydrogens is 368 g/mol. The van der Waals surface area contributed by atoms with E-state index in [1.807, 2.05) is 19.2 Å². The van der Waals surface area contributed by atoms with Gasteiger partial charge in [0.05, 0.1) is 17.8 Å². The van der Waals surface area contributed by atoms with E-state index in [-0.39, 0.29) is 18.1 Å². The number of rotatable bonds is 5. The number of thiophene rings is 1. The Kier molecular flexibility index (Phi) is 4.66. The first-order valence-corrected chi connectivity index (χ1v) is 9.54. The van der Waals surface area contributed by atoms with E-state index >= 15 is 0 Å². The van der Waals surface area contributed by atoms with E-state index in [1.165, 1.54) is 4.88 Å². The minimum atomic E-state index is -0.384. The molecule has 3 aromatic rings. The monoisotopic (exact) mass is 388 g/mol. The van der Waals surface area contributed by atoms with Crippen molar-refractivity contribution in [1.29, 1.82) is 0 Å². The molecule has 0 fully saturated rings. The Hall–Kier alpha value is -2.72. The van der Waals surface area contributed by atoms with E-state index in [0.717, 1.165) is 48.6 Å². The van der Waals surface area contributed by atoms with Gasteiger partial charge in [-0.15, -0.1) is 11.3 Å². The molecule has 3 aromatic heterocycles. The minimum Gasteiger partial charge on any atom is -0.361 e. The van der Waals surface area contributed by atoms with Crippen LogP contribution in [0.25, 0.3) is 0 Å². The van der Waals surface area contributed by atoms with E-state index in [2.05, 4.69) is 30.6 Å². The molecule has 0 bridgehead atoms. The molecule has 1 amide bonds. The lowest BCUT2D eigenvalue weighted by atomic mass is 10.0. The zero-order chi connectivity index (χ0) is 19.0. The van der Waals surface area contributed by atoms with E-state index in [0.29, 0.717) is 11.4 Å². The molecule has 0 aliphatic carbocycles. The third-order valence-electron chi connectivity index (χ3n) is 4.80. The maximum Gasteiger partial charge on any atom is 0.340 e. The number of hydrogen-bond acceptors (Lipinski definition) is 7. The molecule has 4 rings (SSSR count). The van der Waals surface area contributed by atoms with Gasteiger partial charge in [-0.3, -0.25) is 14.7 Å². The fraction of sp³-hybridized carbons (Fsp3) is 0.412. The molecule has 0 aromatic carbocycles. The Labute approximate surface area is 158 Å². The highest BCUT2D eigenvalue weighted by atomic mass is 32.1. The molecule has 142 valence electrons. The summed E-state index contributed by atoms with van der Waals surface area (Å²) in [5.74, 6) is 1.12. The molecule has 0 spiro atoms. The summed E-state index contributed by atoms with van der Waals surface area (Å²) in [7, 11) is 0. The van der Waals surface area contributed by atoms with Crippen LogP contribution >= 0.6 is 11.3 Å². The second-order valence-electron chi connectivity index (χ2n) is 6.62. The minimum absolute atomic E-state index is 0.143. The van der Waals surface area contributed by atoms with E-state index in [1.54, 1.807) is 11.3 Å². The summed E-state index contributed by atoms with van der Waals surface area (Å²) in [6.07, 6.45) is 0.824. The van der Waals surface area contributed by atoms with Crippen molar-refractivity contribution >= 4 is 17.2 Å². The van der Waals surface area contributed by atoms with Crippen LogP contribution in [0.4, 0.5) is 0 Å². The van der Waals surface area contributed by atoms with E-state index in [4.69, 9.17) is 4.52 Å². The molecule has 0 saturated carbocycles. The van der Waals surface area contributed by atoms with Crippen molar-refractivity contribution in [2.24, 2.45) is 0 Å². The van der Waals surface area contributed by atoms with Gasteiger partial charge < -0.3 is 9.84 Å². The second-order valence-corrected chi connectivity index (χ2v) is 7.59. The first-order valence-electron chi connectivity index (χ1n) is 8.66. The molecule has 0 unspecified atom stereocenters. The Morgan fingerprint density at radius 2 is 2.30 bits per heavy atom. The molecule has 1 aliphatic heterocycles. The number of aryl methyl sites for hydroxylation is 2. The molecular formula is C17H20N6O3S. The fourth-order valence-electron chi connectivity index (χ4n) is 3.31. The first-order chi connectivity index (χ1) is 13.0. The van der Waals surface area contributed by atoms with Gasteiger partial charge in [-0.2, -0.15) is 5.10 Å². The van der Waals surface area contributed by atoms with Crippen LogP contribution in [0.5, 0.6) is 0 Å². The van der Waals surface area contributed by atoms with E-state index in [9.17, 15) is 9.59 Å².